The van der Waals surface area contributed by atoms with E-state index in [1.54, 1.807) is 0 Å². The van der Waals surface area contributed by atoms with Crippen LogP contribution in [0.4, 0.5) is 0 Å². The minimum absolute atomic E-state index is 0.336. The average molecular weight is 132 g/mol. The zero-order valence-electron chi connectivity index (χ0n) is 6.44. The molecular weight excluding hydrogens is 115 g/mol. The Balaban J connectivity index is 3.35. The molecule has 0 aromatic heterocycles. The lowest BCUT2D eigenvalue weighted by molar-refractivity contribution is 0.783. The predicted molar refractivity (Wildman–Crippen MR) is 43.1 cm³/mol. The van der Waals surface area contributed by atoms with E-state index in [2.05, 4.69) is 27.2 Å². The molecule has 0 heterocycles. The lowest BCUT2D eigenvalue weighted by Crippen LogP contribution is -1.99. The fourth-order valence-electron chi connectivity index (χ4n) is 1.02. The van der Waals surface area contributed by atoms with Crippen molar-refractivity contribution in [2.75, 3.05) is 13.3 Å². The van der Waals surface area contributed by atoms with Crippen molar-refractivity contribution in [2.45, 2.75) is 32.3 Å². The van der Waals surface area contributed by atoms with Crippen molar-refractivity contribution >= 4 is 7.92 Å². The fourth-order valence-corrected chi connectivity index (χ4v) is 2.48. The molecule has 0 unspecified atom stereocenters. The highest BCUT2D eigenvalue weighted by Gasteiger charge is 2.05. The van der Waals surface area contributed by atoms with E-state index in [1.165, 1.54) is 12.8 Å². The summed E-state index contributed by atoms with van der Waals surface area (Å²) in [6.45, 7) is 9.31. The highest BCUT2D eigenvalue weighted by molar-refractivity contribution is 7.56. The SMILES string of the molecule is CCC(CC)P(C)C. The highest BCUT2D eigenvalue weighted by atomic mass is 31.1. The topological polar surface area (TPSA) is 0 Å². The van der Waals surface area contributed by atoms with Crippen LogP contribution >= 0.6 is 7.92 Å². The van der Waals surface area contributed by atoms with Crippen molar-refractivity contribution in [3.05, 3.63) is 0 Å². The lowest BCUT2D eigenvalue weighted by Gasteiger charge is -2.16. The Hall–Kier alpha value is 0.430. The van der Waals surface area contributed by atoms with Crippen LogP contribution in [-0.2, 0) is 0 Å². The van der Waals surface area contributed by atoms with E-state index >= 15 is 0 Å². The number of hydrogen-bond acceptors (Lipinski definition) is 0. The first-order valence-corrected chi connectivity index (χ1v) is 5.69. The van der Waals surface area contributed by atoms with E-state index in [0.29, 0.717) is 7.92 Å². The molecule has 0 saturated carbocycles. The Morgan fingerprint density at radius 3 is 1.50 bits per heavy atom. The minimum Gasteiger partial charge on any atom is -0.110 e. The van der Waals surface area contributed by atoms with E-state index in [9.17, 15) is 0 Å². The molecular formula is C7H17P. The molecule has 0 radical (unpaired) electrons. The summed E-state index contributed by atoms with van der Waals surface area (Å²) in [7, 11) is 0.336. The summed E-state index contributed by atoms with van der Waals surface area (Å²) in [6.07, 6.45) is 2.74. The summed E-state index contributed by atoms with van der Waals surface area (Å²) in [5.41, 5.74) is 1.02. The first kappa shape index (κ1) is 8.43. The molecule has 0 aliphatic heterocycles. The van der Waals surface area contributed by atoms with Crippen LogP contribution < -0.4 is 0 Å². The van der Waals surface area contributed by atoms with Crippen LogP contribution in [0.1, 0.15) is 26.7 Å². The van der Waals surface area contributed by atoms with Crippen LogP contribution in [0.2, 0.25) is 0 Å². The maximum atomic E-state index is 2.37. The van der Waals surface area contributed by atoms with Gasteiger partial charge in [-0.05, 0) is 31.8 Å². The largest absolute Gasteiger partial charge is 0.110 e. The van der Waals surface area contributed by atoms with Gasteiger partial charge < -0.3 is 0 Å². The quantitative estimate of drug-likeness (QED) is 0.518. The first-order chi connectivity index (χ1) is 3.72. The Morgan fingerprint density at radius 2 is 1.50 bits per heavy atom. The summed E-state index contributed by atoms with van der Waals surface area (Å²) in [5, 5.41) is 0. The normalized spacial score (nSPS) is 11.2. The maximum Gasteiger partial charge on any atom is -0.0219 e. The van der Waals surface area contributed by atoms with Crippen LogP contribution in [0.25, 0.3) is 0 Å². The van der Waals surface area contributed by atoms with Crippen LogP contribution in [0.3, 0.4) is 0 Å². The molecule has 0 spiro atoms. The summed E-state index contributed by atoms with van der Waals surface area (Å²) in [4.78, 5) is 0. The van der Waals surface area contributed by atoms with Gasteiger partial charge in [-0.15, -0.1) is 7.92 Å². The lowest BCUT2D eigenvalue weighted by atomic mass is 10.3. The maximum absolute atomic E-state index is 2.37. The summed E-state index contributed by atoms with van der Waals surface area (Å²) >= 11 is 0. The van der Waals surface area contributed by atoms with Crippen molar-refractivity contribution in [2.24, 2.45) is 0 Å². The fraction of sp³-hybridized carbons (Fsp3) is 1.00. The number of rotatable bonds is 3. The van der Waals surface area contributed by atoms with Gasteiger partial charge in [-0.2, -0.15) is 0 Å². The van der Waals surface area contributed by atoms with Gasteiger partial charge in [-0.1, -0.05) is 13.8 Å². The average Bonchev–Trinajstić information content (AvgIpc) is 1.69. The van der Waals surface area contributed by atoms with Crippen molar-refractivity contribution in [1.82, 2.24) is 0 Å². The highest BCUT2D eigenvalue weighted by Crippen LogP contribution is 2.35. The summed E-state index contributed by atoms with van der Waals surface area (Å²) in [5.74, 6) is 0. The molecule has 0 rings (SSSR count). The van der Waals surface area contributed by atoms with Gasteiger partial charge in [0, 0.05) is 0 Å². The minimum atomic E-state index is 0.336. The molecule has 0 aliphatic carbocycles. The van der Waals surface area contributed by atoms with E-state index in [1.807, 2.05) is 0 Å². The molecule has 0 atom stereocenters. The molecule has 0 saturated heterocycles. The Morgan fingerprint density at radius 1 is 1.12 bits per heavy atom. The zero-order valence-corrected chi connectivity index (χ0v) is 7.33. The molecule has 0 fully saturated rings. The van der Waals surface area contributed by atoms with Gasteiger partial charge in [0.05, 0.1) is 0 Å². The van der Waals surface area contributed by atoms with Gasteiger partial charge in [-0.25, -0.2) is 0 Å². The van der Waals surface area contributed by atoms with Crippen molar-refractivity contribution < 1.29 is 0 Å². The molecule has 1 heteroatoms. The van der Waals surface area contributed by atoms with Crippen molar-refractivity contribution in [3.8, 4) is 0 Å². The molecule has 0 amide bonds. The predicted octanol–water partition coefficient (Wildman–Crippen LogP) is 2.92. The Labute approximate surface area is 54.4 Å². The van der Waals surface area contributed by atoms with Gasteiger partial charge in [0.25, 0.3) is 0 Å². The standard InChI is InChI=1S/C7H17P/c1-5-7(6-2)8(3)4/h7H,5-6H2,1-4H3. The van der Waals surface area contributed by atoms with Crippen LogP contribution in [0.15, 0.2) is 0 Å². The third-order valence-corrected chi connectivity index (χ3v) is 3.86. The Bertz CT molecular complexity index is 46.3. The molecule has 0 nitrogen and oxygen atoms in total. The van der Waals surface area contributed by atoms with E-state index in [4.69, 9.17) is 0 Å². The smallest absolute Gasteiger partial charge is 0.0219 e. The van der Waals surface area contributed by atoms with E-state index in [-0.39, 0.29) is 0 Å². The third-order valence-electron chi connectivity index (χ3n) is 1.67. The van der Waals surface area contributed by atoms with Crippen LogP contribution in [0, 0.1) is 0 Å². The molecule has 50 valence electrons. The first-order valence-electron chi connectivity index (χ1n) is 3.38. The zero-order chi connectivity index (χ0) is 6.57. The second kappa shape index (κ2) is 4.32. The summed E-state index contributed by atoms with van der Waals surface area (Å²) < 4.78 is 0. The number of hydrogen-bond donors (Lipinski definition) is 0. The Kier molecular flexibility index (Phi) is 4.56. The third kappa shape index (κ3) is 2.67. The summed E-state index contributed by atoms with van der Waals surface area (Å²) in [6, 6.07) is 0. The second-order valence-electron chi connectivity index (χ2n) is 2.43. The van der Waals surface area contributed by atoms with Crippen LogP contribution in [0.5, 0.6) is 0 Å². The molecule has 0 aromatic carbocycles. The molecule has 8 heavy (non-hydrogen) atoms. The van der Waals surface area contributed by atoms with Gasteiger partial charge in [0.15, 0.2) is 0 Å². The van der Waals surface area contributed by atoms with E-state index < -0.39 is 0 Å². The van der Waals surface area contributed by atoms with E-state index in [0.717, 1.165) is 5.66 Å². The van der Waals surface area contributed by atoms with Crippen molar-refractivity contribution in [1.29, 1.82) is 0 Å². The van der Waals surface area contributed by atoms with Crippen molar-refractivity contribution in [3.63, 3.8) is 0 Å². The molecule has 0 aromatic rings. The van der Waals surface area contributed by atoms with Crippen LogP contribution in [-0.4, -0.2) is 19.0 Å². The van der Waals surface area contributed by atoms with Gasteiger partial charge >= 0.3 is 0 Å². The monoisotopic (exact) mass is 132 g/mol. The van der Waals surface area contributed by atoms with Gasteiger partial charge in [0.2, 0.25) is 0 Å². The van der Waals surface area contributed by atoms with Gasteiger partial charge in [0.1, 0.15) is 0 Å². The molecule has 0 aliphatic rings. The molecule has 0 N–H and O–H groups in total. The molecule has 0 bridgehead atoms. The van der Waals surface area contributed by atoms with Gasteiger partial charge in [-0.3, -0.25) is 0 Å². The second-order valence-corrected chi connectivity index (χ2v) is 5.09.